The number of hydrogen-bond acceptors (Lipinski definition) is 2. The molecule has 1 aromatic heterocycles. The van der Waals surface area contributed by atoms with Crippen LogP contribution in [-0.2, 0) is 6.18 Å². The van der Waals surface area contributed by atoms with Gasteiger partial charge in [0.05, 0.1) is 5.56 Å². The number of halogens is 5. The number of rotatable bonds is 2. The Morgan fingerprint density at radius 1 is 1.26 bits per heavy atom. The van der Waals surface area contributed by atoms with E-state index in [1.165, 1.54) is 18.2 Å². The van der Waals surface area contributed by atoms with Crippen molar-refractivity contribution in [2.75, 3.05) is 0 Å². The molecule has 0 bridgehead atoms. The van der Waals surface area contributed by atoms with Gasteiger partial charge in [-0.15, -0.1) is 0 Å². The van der Waals surface area contributed by atoms with Gasteiger partial charge in [0.15, 0.2) is 12.0 Å². The summed E-state index contributed by atoms with van der Waals surface area (Å²) in [5.74, 6) is -0.807. The maximum absolute atomic E-state index is 13.5. The van der Waals surface area contributed by atoms with Gasteiger partial charge in [-0.2, -0.15) is 18.3 Å². The fourth-order valence-corrected chi connectivity index (χ4v) is 1.77. The van der Waals surface area contributed by atoms with Gasteiger partial charge < -0.3 is 0 Å². The van der Waals surface area contributed by atoms with E-state index in [2.05, 4.69) is 5.10 Å². The number of carbonyl (C=O) groups is 1. The van der Waals surface area contributed by atoms with Gasteiger partial charge in [0.1, 0.15) is 16.7 Å². The van der Waals surface area contributed by atoms with Crippen LogP contribution in [-0.4, -0.2) is 16.1 Å². The summed E-state index contributed by atoms with van der Waals surface area (Å²) in [6.07, 6.45) is -4.91. The van der Waals surface area contributed by atoms with Crippen molar-refractivity contribution in [1.29, 1.82) is 0 Å². The highest BCUT2D eigenvalue weighted by atomic mass is 35.5. The zero-order valence-electron chi connectivity index (χ0n) is 9.08. The molecule has 0 spiro atoms. The summed E-state index contributed by atoms with van der Waals surface area (Å²) in [5, 5.41) is 2.58. The van der Waals surface area contributed by atoms with E-state index in [0.717, 1.165) is 6.07 Å². The number of alkyl halides is 3. The van der Waals surface area contributed by atoms with E-state index in [1.54, 1.807) is 0 Å². The summed E-state index contributed by atoms with van der Waals surface area (Å²) < 4.78 is 52.0. The van der Waals surface area contributed by atoms with Crippen LogP contribution >= 0.6 is 11.6 Å². The largest absolute Gasteiger partial charge is 0.435 e. The lowest BCUT2D eigenvalue weighted by Gasteiger charge is -2.04. The van der Waals surface area contributed by atoms with E-state index in [-0.39, 0.29) is 12.0 Å². The fraction of sp³-hybridized carbons (Fsp3) is 0.0909. The first kappa shape index (κ1) is 13.5. The van der Waals surface area contributed by atoms with Crippen molar-refractivity contribution in [3.05, 3.63) is 46.5 Å². The first-order valence-electron chi connectivity index (χ1n) is 4.92. The van der Waals surface area contributed by atoms with Crippen molar-refractivity contribution in [1.82, 2.24) is 9.78 Å². The van der Waals surface area contributed by atoms with Gasteiger partial charge in [-0.25, -0.2) is 9.07 Å². The molecule has 1 heterocycles. The number of aldehydes is 1. The maximum Gasteiger partial charge on any atom is 0.435 e. The Balaban J connectivity index is 2.71. The normalized spacial score (nSPS) is 11.6. The summed E-state index contributed by atoms with van der Waals surface area (Å²) in [6.45, 7) is 0. The Labute approximate surface area is 109 Å². The summed E-state index contributed by atoms with van der Waals surface area (Å²) in [5.41, 5.74) is -2.54. The van der Waals surface area contributed by atoms with Crippen LogP contribution in [0, 0.1) is 5.82 Å². The monoisotopic (exact) mass is 292 g/mol. The predicted molar refractivity (Wildman–Crippen MR) is 58.9 cm³/mol. The highest BCUT2D eigenvalue weighted by Crippen LogP contribution is 2.34. The third-order valence-corrected chi connectivity index (χ3v) is 2.69. The van der Waals surface area contributed by atoms with Crippen LogP contribution in [0.5, 0.6) is 0 Å². The molecule has 19 heavy (non-hydrogen) atoms. The van der Waals surface area contributed by atoms with Crippen LogP contribution in [0.15, 0.2) is 24.3 Å². The minimum atomic E-state index is -4.85. The van der Waals surface area contributed by atoms with E-state index >= 15 is 0 Å². The molecule has 0 saturated carbocycles. The molecule has 0 saturated heterocycles. The van der Waals surface area contributed by atoms with Gasteiger partial charge in [-0.3, -0.25) is 4.79 Å². The smallest absolute Gasteiger partial charge is 0.298 e. The highest BCUT2D eigenvalue weighted by molar-refractivity contribution is 6.32. The Kier molecular flexibility index (Phi) is 3.32. The summed E-state index contributed by atoms with van der Waals surface area (Å²) in [6, 6.07) is 5.01. The number of aromatic nitrogens is 2. The average molecular weight is 293 g/mol. The SMILES string of the molecule is O=Cc1c(C(F)(F)F)nn(-c2ccccc2F)c1Cl. The third-order valence-electron chi connectivity index (χ3n) is 2.33. The number of nitrogens with zero attached hydrogens (tertiary/aromatic N) is 2. The molecule has 3 nitrogen and oxygen atoms in total. The topological polar surface area (TPSA) is 34.9 Å². The van der Waals surface area contributed by atoms with E-state index in [0.29, 0.717) is 4.68 Å². The minimum Gasteiger partial charge on any atom is -0.298 e. The van der Waals surface area contributed by atoms with Gasteiger partial charge in [-0.05, 0) is 12.1 Å². The van der Waals surface area contributed by atoms with Crippen LogP contribution < -0.4 is 0 Å². The maximum atomic E-state index is 13.5. The third kappa shape index (κ3) is 2.33. The Bertz CT molecular complexity index is 636. The molecular formula is C11H5ClF4N2O. The molecule has 0 N–H and O–H groups in total. The van der Waals surface area contributed by atoms with E-state index in [1.807, 2.05) is 0 Å². The predicted octanol–water partition coefficient (Wildman–Crippen LogP) is 3.50. The zero-order chi connectivity index (χ0) is 14.2. The van der Waals surface area contributed by atoms with Crippen LogP contribution in [0.2, 0.25) is 5.15 Å². The van der Waals surface area contributed by atoms with Crippen LogP contribution in [0.3, 0.4) is 0 Å². The van der Waals surface area contributed by atoms with Crippen LogP contribution in [0.4, 0.5) is 17.6 Å². The Hall–Kier alpha value is -1.89. The van der Waals surface area contributed by atoms with Crippen molar-refractivity contribution in [3.63, 3.8) is 0 Å². The first-order chi connectivity index (χ1) is 8.86. The number of benzene rings is 1. The molecular weight excluding hydrogens is 288 g/mol. The second-order valence-corrected chi connectivity index (χ2v) is 3.89. The van der Waals surface area contributed by atoms with Crippen molar-refractivity contribution in [2.24, 2.45) is 0 Å². The number of para-hydroxylation sites is 1. The molecule has 1 aromatic carbocycles. The number of hydrogen-bond donors (Lipinski definition) is 0. The highest BCUT2D eigenvalue weighted by Gasteiger charge is 2.39. The van der Waals surface area contributed by atoms with Gasteiger partial charge in [0.25, 0.3) is 0 Å². The fourth-order valence-electron chi connectivity index (χ4n) is 1.51. The molecule has 0 aliphatic heterocycles. The molecule has 0 aliphatic carbocycles. The van der Waals surface area contributed by atoms with Crippen molar-refractivity contribution < 1.29 is 22.4 Å². The lowest BCUT2D eigenvalue weighted by Crippen LogP contribution is -2.09. The molecule has 0 fully saturated rings. The number of carbonyl (C=O) groups excluding carboxylic acids is 1. The van der Waals surface area contributed by atoms with Crippen molar-refractivity contribution in [3.8, 4) is 5.69 Å². The first-order valence-corrected chi connectivity index (χ1v) is 5.30. The van der Waals surface area contributed by atoms with Gasteiger partial charge in [0, 0.05) is 0 Å². The van der Waals surface area contributed by atoms with Crippen LogP contribution in [0.1, 0.15) is 16.1 Å². The molecule has 0 radical (unpaired) electrons. The summed E-state index contributed by atoms with van der Waals surface area (Å²) >= 11 is 5.64. The van der Waals surface area contributed by atoms with Gasteiger partial charge in [0.2, 0.25) is 0 Å². The minimum absolute atomic E-state index is 0.0600. The molecule has 0 atom stereocenters. The van der Waals surface area contributed by atoms with E-state index < -0.39 is 28.4 Å². The van der Waals surface area contributed by atoms with Crippen molar-refractivity contribution >= 4 is 17.9 Å². The lowest BCUT2D eigenvalue weighted by molar-refractivity contribution is -0.141. The van der Waals surface area contributed by atoms with E-state index in [4.69, 9.17) is 11.6 Å². The molecule has 8 heteroatoms. The average Bonchev–Trinajstić information content (AvgIpc) is 2.67. The lowest BCUT2D eigenvalue weighted by atomic mass is 10.2. The molecule has 0 amide bonds. The quantitative estimate of drug-likeness (QED) is 0.627. The molecule has 2 rings (SSSR count). The second-order valence-electron chi connectivity index (χ2n) is 3.53. The molecule has 0 aliphatic rings. The molecule has 100 valence electrons. The van der Waals surface area contributed by atoms with E-state index in [9.17, 15) is 22.4 Å². The second kappa shape index (κ2) is 4.65. The Morgan fingerprint density at radius 2 is 1.89 bits per heavy atom. The molecule has 0 unspecified atom stereocenters. The molecule has 2 aromatic rings. The zero-order valence-corrected chi connectivity index (χ0v) is 9.84. The summed E-state index contributed by atoms with van der Waals surface area (Å²) in [4.78, 5) is 10.7. The van der Waals surface area contributed by atoms with Gasteiger partial charge >= 0.3 is 6.18 Å². The standard InChI is InChI=1S/C11H5ClF4N2O/c12-10-6(5-19)9(11(14,15)16)17-18(10)8-4-2-1-3-7(8)13/h1-5H. The Morgan fingerprint density at radius 3 is 2.37 bits per heavy atom. The van der Waals surface area contributed by atoms with Gasteiger partial charge in [-0.1, -0.05) is 23.7 Å². The summed E-state index contributed by atoms with van der Waals surface area (Å²) in [7, 11) is 0. The van der Waals surface area contributed by atoms with Crippen molar-refractivity contribution in [2.45, 2.75) is 6.18 Å². The van der Waals surface area contributed by atoms with Crippen LogP contribution in [0.25, 0.3) is 5.69 Å².